The van der Waals surface area contributed by atoms with Crippen LogP contribution in [0.4, 0.5) is 0 Å². The average molecular weight is 129 g/mol. The molecule has 0 bridgehead atoms. The summed E-state index contributed by atoms with van der Waals surface area (Å²) in [5.74, 6) is 1.10. The second kappa shape index (κ2) is 3.79. The Balaban J connectivity index is 3.39. The van der Waals surface area contributed by atoms with Crippen molar-refractivity contribution in [1.29, 1.82) is 0 Å². The second-order valence-corrected chi connectivity index (χ2v) is 4.25. The Morgan fingerprint density at radius 2 is 2.12 bits per heavy atom. The van der Waals surface area contributed by atoms with Gasteiger partial charge in [-0.15, -0.1) is 0 Å². The quantitative estimate of drug-likeness (QED) is 0.401. The van der Waals surface area contributed by atoms with Crippen molar-refractivity contribution in [1.82, 2.24) is 0 Å². The third-order valence-electron chi connectivity index (χ3n) is 0.763. The van der Waals surface area contributed by atoms with Gasteiger partial charge in [0, 0.05) is 0 Å². The van der Waals surface area contributed by atoms with E-state index < -0.39 is 0 Å². The molecule has 0 rings (SSSR count). The normalized spacial score (nSPS) is 9.38. The first kappa shape index (κ1) is 7.83. The fraction of sp³-hybridized carbons (Fsp3) is 0.429. The van der Waals surface area contributed by atoms with Gasteiger partial charge in [-0.05, 0) is 16.5 Å². The molecule has 0 atom stereocenters. The minimum absolute atomic E-state index is 0.484. The van der Waals surface area contributed by atoms with Crippen LogP contribution in [0.2, 0.25) is 0 Å². The fourth-order valence-electron chi connectivity index (χ4n) is 0.430. The first-order valence-electron chi connectivity index (χ1n) is 2.51. The van der Waals surface area contributed by atoms with Crippen LogP contribution in [-0.4, -0.2) is 18.3 Å². The molecule has 0 aromatic heterocycles. The lowest BCUT2D eigenvalue weighted by atomic mass is 10.4. The topological polar surface area (TPSA) is 0 Å². The lowest BCUT2D eigenvalue weighted by molar-refractivity contribution is 1.58. The SMILES string of the molecule is C=CC(=C)C[S+](C)C. The van der Waals surface area contributed by atoms with Gasteiger partial charge < -0.3 is 0 Å². The van der Waals surface area contributed by atoms with E-state index in [4.69, 9.17) is 0 Å². The molecule has 0 amide bonds. The summed E-state index contributed by atoms with van der Waals surface area (Å²) in [5, 5.41) is 0. The first-order valence-corrected chi connectivity index (χ1v) is 4.72. The maximum absolute atomic E-state index is 3.80. The summed E-state index contributed by atoms with van der Waals surface area (Å²) in [6.45, 7) is 7.42. The van der Waals surface area contributed by atoms with E-state index in [2.05, 4.69) is 25.7 Å². The smallest absolute Gasteiger partial charge is 0.0986 e. The summed E-state index contributed by atoms with van der Waals surface area (Å²) < 4.78 is 0. The van der Waals surface area contributed by atoms with Crippen LogP contribution >= 0.6 is 0 Å². The Bertz CT molecular complexity index is 92.6. The molecule has 0 unspecified atom stereocenters. The van der Waals surface area contributed by atoms with Crippen LogP contribution in [0.25, 0.3) is 0 Å². The first-order chi connectivity index (χ1) is 3.66. The summed E-state index contributed by atoms with van der Waals surface area (Å²) in [6, 6.07) is 0. The standard InChI is InChI=1S/C7H13S/c1-5-7(2)6-8(3)4/h5H,1-2,6H2,3-4H3/q+1. The van der Waals surface area contributed by atoms with Crippen LogP contribution in [0, 0.1) is 0 Å². The minimum atomic E-state index is 0.484. The van der Waals surface area contributed by atoms with Gasteiger partial charge in [-0.2, -0.15) is 0 Å². The van der Waals surface area contributed by atoms with Crippen molar-refractivity contribution in [2.45, 2.75) is 0 Å². The van der Waals surface area contributed by atoms with Crippen LogP contribution in [0.15, 0.2) is 24.8 Å². The monoisotopic (exact) mass is 129 g/mol. The highest BCUT2D eigenvalue weighted by Crippen LogP contribution is 1.95. The van der Waals surface area contributed by atoms with Crippen LogP contribution in [-0.2, 0) is 10.9 Å². The molecule has 46 valence electrons. The summed E-state index contributed by atoms with van der Waals surface area (Å²) in [6.07, 6.45) is 6.23. The lowest BCUT2D eigenvalue weighted by Crippen LogP contribution is -2.01. The summed E-state index contributed by atoms with van der Waals surface area (Å²) >= 11 is 0. The Labute approximate surface area is 54.6 Å². The number of allylic oxidation sites excluding steroid dienone is 1. The van der Waals surface area contributed by atoms with Crippen LogP contribution in [0.1, 0.15) is 0 Å². The molecular formula is C7H13S+. The van der Waals surface area contributed by atoms with E-state index in [0.717, 1.165) is 11.3 Å². The van der Waals surface area contributed by atoms with Gasteiger partial charge >= 0.3 is 0 Å². The third kappa shape index (κ3) is 4.00. The van der Waals surface area contributed by atoms with Gasteiger partial charge in [-0.3, -0.25) is 0 Å². The highest BCUT2D eigenvalue weighted by molar-refractivity contribution is 7.95. The van der Waals surface area contributed by atoms with Gasteiger partial charge in [0.15, 0.2) is 0 Å². The van der Waals surface area contributed by atoms with E-state index in [9.17, 15) is 0 Å². The molecule has 0 heterocycles. The van der Waals surface area contributed by atoms with E-state index >= 15 is 0 Å². The predicted octanol–water partition coefficient (Wildman–Crippen LogP) is 1.61. The molecule has 0 radical (unpaired) electrons. The number of hydrogen-bond acceptors (Lipinski definition) is 0. The highest BCUT2D eigenvalue weighted by atomic mass is 32.2. The van der Waals surface area contributed by atoms with Crippen molar-refractivity contribution in [3.8, 4) is 0 Å². The maximum Gasteiger partial charge on any atom is 0.132 e. The molecule has 0 fully saturated rings. The van der Waals surface area contributed by atoms with Gasteiger partial charge in [0.2, 0.25) is 0 Å². The largest absolute Gasteiger partial charge is 0.132 e. The molecule has 0 aliphatic rings. The molecule has 8 heavy (non-hydrogen) atoms. The fourth-order valence-corrected chi connectivity index (χ4v) is 1.29. The zero-order valence-corrected chi connectivity index (χ0v) is 6.42. The van der Waals surface area contributed by atoms with Gasteiger partial charge in [0.1, 0.15) is 5.75 Å². The maximum atomic E-state index is 3.80. The van der Waals surface area contributed by atoms with Crippen molar-refractivity contribution >= 4 is 10.9 Å². The average Bonchev–Trinajstić information content (AvgIpc) is 1.65. The number of hydrogen-bond donors (Lipinski definition) is 0. The van der Waals surface area contributed by atoms with E-state index in [1.807, 2.05) is 6.08 Å². The van der Waals surface area contributed by atoms with Crippen molar-refractivity contribution in [2.24, 2.45) is 0 Å². The molecule has 0 saturated carbocycles. The van der Waals surface area contributed by atoms with Crippen LogP contribution in [0.3, 0.4) is 0 Å². The molecule has 0 aromatic carbocycles. The molecule has 0 saturated heterocycles. The van der Waals surface area contributed by atoms with Gasteiger partial charge in [0.25, 0.3) is 0 Å². The van der Waals surface area contributed by atoms with Crippen LogP contribution < -0.4 is 0 Å². The Hall–Kier alpha value is -0.170. The lowest BCUT2D eigenvalue weighted by Gasteiger charge is -1.93. The molecule has 1 heteroatoms. The van der Waals surface area contributed by atoms with Crippen molar-refractivity contribution < 1.29 is 0 Å². The van der Waals surface area contributed by atoms with Crippen molar-refractivity contribution in [3.05, 3.63) is 24.8 Å². The molecule has 0 nitrogen and oxygen atoms in total. The zero-order chi connectivity index (χ0) is 6.57. The molecule has 0 aliphatic heterocycles. The van der Waals surface area contributed by atoms with E-state index in [-0.39, 0.29) is 0 Å². The highest BCUT2D eigenvalue weighted by Gasteiger charge is 2.00. The Kier molecular flexibility index (Phi) is 3.71. The van der Waals surface area contributed by atoms with Crippen molar-refractivity contribution in [3.63, 3.8) is 0 Å². The number of rotatable bonds is 3. The van der Waals surface area contributed by atoms with Gasteiger partial charge in [0.05, 0.1) is 12.5 Å². The Morgan fingerprint density at radius 1 is 1.62 bits per heavy atom. The summed E-state index contributed by atoms with van der Waals surface area (Å²) in [4.78, 5) is 0. The summed E-state index contributed by atoms with van der Waals surface area (Å²) in [7, 11) is 0.484. The molecule has 0 aliphatic carbocycles. The van der Waals surface area contributed by atoms with Crippen LogP contribution in [0.5, 0.6) is 0 Å². The predicted molar refractivity (Wildman–Crippen MR) is 43.4 cm³/mol. The Morgan fingerprint density at radius 3 is 2.25 bits per heavy atom. The van der Waals surface area contributed by atoms with E-state index in [1.165, 1.54) is 0 Å². The van der Waals surface area contributed by atoms with E-state index in [0.29, 0.717) is 10.9 Å². The second-order valence-electron chi connectivity index (χ2n) is 1.99. The minimum Gasteiger partial charge on any atom is -0.0986 e. The third-order valence-corrected chi connectivity index (χ3v) is 1.71. The van der Waals surface area contributed by atoms with Gasteiger partial charge in [-0.1, -0.05) is 19.2 Å². The molecule has 0 spiro atoms. The molecule has 0 N–H and O–H groups in total. The van der Waals surface area contributed by atoms with Crippen molar-refractivity contribution in [2.75, 3.05) is 18.3 Å². The molecule has 0 aromatic rings. The zero-order valence-electron chi connectivity index (χ0n) is 5.61. The summed E-state index contributed by atoms with van der Waals surface area (Å²) in [5.41, 5.74) is 1.15. The van der Waals surface area contributed by atoms with Gasteiger partial charge in [-0.25, -0.2) is 0 Å². The molecular weight excluding hydrogens is 116 g/mol. The van der Waals surface area contributed by atoms with E-state index in [1.54, 1.807) is 0 Å².